The number of nitrogens with zero attached hydrogens (tertiary/aromatic N) is 3. The van der Waals surface area contributed by atoms with Gasteiger partial charge in [0.25, 0.3) is 0 Å². The molecule has 0 fully saturated rings. The predicted molar refractivity (Wildman–Crippen MR) is 69.3 cm³/mol. The van der Waals surface area contributed by atoms with Gasteiger partial charge in [-0.15, -0.1) is 0 Å². The zero-order chi connectivity index (χ0) is 14.5. The number of nitrogens with one attached hydrogen (secondary N) is 1. The third-order valence-electron chi connectivity index (χ3n) is 2.95. The summed E-state index contributed by atoms with van der Waals surface area (Å²) in [4.78, 5) is 4.10. The summed E-state index contributed by atoms with van der Waals surface area (Å²) in [6.07, 6.45) is 1.48. The molecule has 1 N–H and O–H groups in total. The largest absolute Gasteiger partial charge is 0.435 e. The van der Waals surface area contributed by atoms with Crippen molar-refractivity contribution in [3.05, 3.63) is 42.0 Å². The van der Waals surface area contributed by atoms with Crippen LogP contribution >= 0.6 is 0 Å². The van der Waals surface area contributed by atoms with Crippen molar-refractivity contribution >= 4 is 0 Å². The van der Waals surface area contributed by atoms with Gasteiger partial charge in [0.2, 0.25) is 0 Å². The van der Waals surface area contributed by atoms with Gasteiger partial charge in [-0.3, -0.25) is 4.68 Å². The Morgan fingerprint density at radius 2 is 2.20 bits per heavy atom. The maximum Gasteiger partial charge on any atom is 0.387 e. The Kier molecular flexibility index (Phi) is 4.62. The Hall–Kier alpha value is -2.02. The molecule has 0 radical (unpaired) electrons. The standard InChI is InChI=1S/C13H16F2N4O/c1-9(16-7-12-17-8-18-19(12)2)10-4-3-5-11(6-10)20-13(14)15/h3-6,8-9,13,16H,7H2,1-2H3. The van der Waals surface area contributed by atoms with Gasteiger partial charge in [-0.25, -0.2) is 4.98 Å². The highest BCUT2D eigenvalue weighted by molar-refractivity contribution is 5.30. The van der Waals surface area contributed by atoms with E-state index in [-0.39, 0.29) is 11.8 Å². The Morgan fingerprint density at radius 3 is 2.85 bits per heavy atom. The molecule has 2 aromatic rings. The number of alkyl halides is 2. The van der Waals surface area contributed by atoms with E-state index < -0.39 is 6.61 Å². The van der Waals surface area contributed by atoms with Crippen LogP contribution in [0.15, 0.2) is 30.6 Å². The number of aromatic nitrogens is 3. The molecule has 7 heteroatoms. The van der Waals surface area contributed by atoms with Crippen molar-refractivity contribution in [2.45, 2.75) is 26.1 Å². The van der Waals surface area contributed by atoms with Crippen LogP contribution in [0.1, 0.15) is 24.4 Å². The molecule has 0 aliphatic carbocycles. The van der Waals surface area contributed by atoms with Crippen LogP contribution in [0.5, 0.6) is 5.75 Å². The number of benzene rings is 1. The van der Waals surface area contributed by atoms with E-state index in [1.807, 2.05) is 20.0 Å². The maximum atomic E-state index is 12.2. The number of aryl methyl sites for hydroxylation is 1. The lowest BCUT2D eigenvalue weighted by molar-refractivity contribution is -0.0499. The van der Waals surface area contributed by atoms with Crippen molar-refractivity contribution in [2.24, 2.45) is 7.05 Å². The summed E-state index contributed by atoms with van der Waals surface area (Å²) in [7, 11) is 1.81. The zero-order valence-corrected chi connectivity index (χ0v) is 11.3. The first-order valence-electron chi connectivity index (χ1n) is 6.17. The van der Waals surface area contributed by atoms with Gasteiger partial charge < -0.3 is 10.1 Å². The molecule has 1 aromatic heterocycles. The maximum absolute atomic E-state index is 12.2. The van der Waals surface area contributed by atoms with Crippen LogP contribution < -0.4 is 10.1 Å². The van der Waals surface area contributed by atoms with E-state index in [1.54, 1.807) is 16.8 Å². The third-order valence-corrected chi connectivity index (χ3v) is 2.95. The molecule has 0 saturated heterocycles. The van der Waals surface area contributed by atoms with Crippen LogP contribution in [-0.2, 0) is 13.6 Å². The fraction of sp³-hybridized carbons (Fsp3) is 0.385. The third kappa shape index (κ3) is 3.74. The van der Waals surface area contributed by atoms with Gasteiger partial charge in [0.1, 0.15) is 17.9 Å². The lowest BCUT2D eigenvalue weighted by Gasteiger charge is -2.15. The molecule has 1 heterocycles. The fourth-order valence-electron chi connectivity index (χ4n) is 1.80. The summed E-state index contributed by atoms with van der Waals surface area (Å²) in [5, 5.41) is 7.23. The molecule has 0 aliphatic heterocycles. The molecule has 2 rings (SSSR count). The Balaban J connectivity index is 1.98. The summed E-state index contributed by atoms with van der Waals surface area (Å²) in [6.45, 7) is -0.331. The quantitative estimate of drug-likeness (QED) is 0.883. The van der Waals surface area contributed by atoms with E-state index in [1.165, 1.54) is 12.4 Å². The smallest absolute Gasteiger partial charge is 0.387 e. The van der Waals surface area contributed by atoms with Crippen molar-refractivity contribution in [3.63, 3.8) is 0 Å². The first-order chi connectivity index (χ1) is 9.56. The number of halogens is 2. The van der Waals surface area contributed by atoms with Gasteiger partial charge in [-0.2, -0.15) is 13.9 Å². The molecule has 108 valence electrons. The van der Waals surface area contributed by atoms with E-state index in [9.17, 15) is 8.78 Å². The monoisotopic (exact) mass is 282 g/mol. The van der Waals surface area contributed by atoms with Crippen molar-refractivity contribution in [1.29, 1.82) is 0 Å². The van der Waals surface area contributed by atoms with Gasteiger partial charge in [0.05, 0.1) is 6.54 Å². The second-order valence-electron chi connectivity index (χ2n) is 4.35. The van der Waals surface area contributed by atoms with Crippen molar-refractivity contribution in [3.8, 4) is 5.75 Å². The topological polar surface area (TPSA) is 52.0 Å². The molecule has 1 aromatic carbocycles. The molecule has 1 unspecified atom stereocenters. The Bertz CT molecular complexity index is 559. The summed E-state index contributed by atoms with van der Waals surface area (Å²) < 4.78 is 30.4. The van der Waals surface area contributed by atoms with E-state index in [2.05, 4.69) is 20.1 Å². The molecule has 20 heavy (non-hydrogen) atoms. The second kappa shape index (κ2) is 6.42. The van der Waals surface area contributed by atoms with Crippen LogP contribution in [0.4, 0.5) is 8.78 Å². The van der Waals surface area contributed by atoms with Crippen molar-refractivity contribution in [1.82, 2.24) is 20.1 Å². The van der Waals surface area contributed by atoms with Gasteiger partial charge in [0, 0.05) is 13.1 Å². The molecular weight excluding hydrogens is 266 g/mol. The number of rotatable bonds is 6. The van der Waals surface area contributed by atoms with E-state index in [4.69, 9.17) is 0 Å². The Labute approximate surface area is 115 Å². The Morgan fingerprint density at radius 1 is 1.40 bits per heavy atom. The van der Waals surface area contributed by atoms with Gasteiger partial charge in [-0.05, 0) is 24.6 Å². The molecule has 0 amide bonds. The van der Waals surface area contributed by atoms with Crippen LogP contribution in [0.2, 0.25) is 0 Å². The summed E-state index contributed by atoms with van der Waals surface area (Å²) in [6, 6.07) is 6.62. The van der Waals surface area contributed by atoms with Crippen LogP contribution in [0.25, 0.3) is 0 Å². The van der Waals surface area contributed by atoms with Crippen molar-refractivity contribution in [2.75, 3.05) is 0 Å². The zero-order valence-electron chi connectivity index (χ0n) is 11.3. The van der Waals surface area contributed by atoms with Gasteiger partial charge >= 0.3 is 6.61 Å². The number of hydrogen-bond acceptors (Lipinski definition) is 4. The van der Waals surface area contributed by atoms with E-state index >= 15 is 0 Å². The average Bonchev–Trinajstić information content (AvgIpc) is 2.81. The average molecular weight is 282 g/mol. The molecule has 0 spiro atoms. The molecular formula is C13H16F2N4O. The molecule has 0 saturated carbocycles. The number of hydrogen-bond donors (Lipinski definition) is 1. The molecule has 1 atom stereocenters. The predicted octanol–water partition coefficient (Wildman–Crippen LogP) is 2.27. The molecule has 5 nitrogen and oxygen atoms in total. The fourth-order valence-corrected chi connectivity index (χ4v) is 1.80. The van der Waals surface area contributed by atoms with Gasteiger partial charge in [0.15, 0.2) is 0 Å². The van der Waals surface area contributed by atoms with Crippen LogP contribution in [-0.4, -0.2) is 21.4 Å². The summed E-state index contributed by atoms with van der Waals surface area (Å²) >= 11 is 0. The van der Waals surface area contributed by atoms with Gasteiger partial charge in [-0.1, -0.05) is 12.1 Å². The van der Waals surface area contributed by atoms with E-state index in [0.717, 1.165) is 11.4 Å². The molecule has 0 aliphatic rings. The second-order valence-corrected chi connectivity index (χ2v) is 4.35. The minimum absolute atomic E-state index is 0.0204. The first-order valence-corrected chi connectivity index (χ1v) is 6.17. The minimum Gasteiger partial charge on any atom is -0.435 e. The van der Waals surface area contributed by atoms with Crippen molar-refractivity contribution < 1.29 is 13.5 Å². The van der Waals surface area contributed by atoms with Crippen LogP contribution in [0, 0.1) is 0 Å². The lowest BCUT2D eigenvalue weighted by Crippen LogP contribution is -2.20. The SMILES string of the molecule is CC(NCc1ncnn1C)c1cccc(OC(F)F)c1. The number of ether oxygens (including phenoxy) is 1. The first kappa shape index (κ1) is 14.4. The lowest BCUT2D eigenvalue weighted by atomic mass is 10.1. The highest BCUT2D eigenvalue weighted by Gasteiger charge is 2.10. The minimum atomic E-state index is -2.81. The summed E-state index contributed by atoms with van der Waals surface area (Å²) in [5.74, 6) is 0.960. The molecule has 0 bridgehead atoms. The summed E-state index contributed by atoms with van der Waals surface area (Å²) in [5.41, 5.74) is 0.866. The highest BCUT2D eigenvalue weighted by atomic mass is 19.3. The van der Waals surface area contributed by atoms with E-state index in [0.29, 0.717) is 6.54 Å². The normalized spacial score (nSPS) is 12.7. The van der Waals surface area contributed by atoms with Crippen LogP contribution in [0.3, 0.4) is 0 Å². The highest BCUT2D eigenvalue weighted by Crippen LogP contribution is 2.20.